The smallest absolute Gasteiger partial charge is 0.335 e. The molecule has 3 heteroatoms. The Labute approximate surface area is 74.7 Å². The zero-order valence-corrected chi connectivity index (χ0v) is 6.69. The summed E-state index contributed by atoms with van der Waals surface area (Å²) in [5.41, 5.74) is 1.02. The second-order valence-corrected chi connectivity index (χ2v) is 2.63. The van der Waals surface area contributed by atoms with Crippen LogP contribution in [0.25, 0.3) is 10.9 Å². The Hall–Kier alpha value is -1.90. The third kappa shape index (κ3) is 1.36. The van der Waals surface area contributed by atoms with Gasteiger partial charge in [0, 0.05) is 11.6 Å². The molecule has 0 aliphatic heterocycles. The van der Waals surface area contributed by atoms with Crippen molar-refractivity contribution in [2.75, 3.05) is 0 Å². The van der Waals surface area contributed by atoms with E-state index in [0.717, 1.165) is 10.9 Å². The number of hydrogen-bond acceptors (Lipinski definition) is 2. The molecule has 0 saturated heterocycles. The van der Waals surface area contributed by atoms with Gasteiger partial charge in [0.2, 0.25) is 0 Å². The standard InChI is InChI=1S/C10H6NO2/c12-10(13)8-3-4-9-7(6-8)2-1-5-11-9/h1,3-6H,(H,12,13). The summed E-state index contributed by atoms with van der Waals surface area (Å²) in [6, 6.07) is 9.35. The van der Waals surface area contributed by atoms with Gasteiger partial charge in [-0.3, -0.25) is 4.98 Å². The summed E-state index contributed by atoms with van der Waals surface area (Å²) in [6.07, 6.45) is 1.63. The topological polar surface area (TPSA) is 50.2 Å². The summed E-state index contributed by atoms with van der Waals surface area (Å²) in [6.45, 7) is 0. The first-order valence-electron chi connectivity index (χ1n) is 3.77. The van der Waals surface area contributed by atoms with Crippen molar-refractivity contribution >= 4 is 16.9 Å². The molecule has 0 aliphatic carbocycles. The molecule has 1 N–H and O–H groups in total. The minimum atomic E-state index is -0.931. The van der Waals surface area contributed by atoms with E-state index in [4.69, 9.17) is 5.11 Å². The van der Waals surface area contributed by atoms with E-state index >= 15 is 0 Å². The van der Waals surface area contributed by atoms with Crippen LogP contribution in [-0.4, -0.2) is 16.1 Å². The molecule has 2 rings (SSSR count). The number of nitrogens with zero attached hydrogens (tertiary/aromatic N) is 1. The highest BCUT2D eigenvalue weighted by molar-refractivity contribution is 5.92. The molecule has 0 fully saturated rings. The Morgan fingerprint density at radius 1 is 1.46 bits per heavy atom. The molecular weight excluding hydrogens is 166 g/mol. The first-order chi connectivity index (χ1) is 6.27. The summed E-state index contributed by atoms with van der Waals surface area (Å²) < 4.78 is 0. The third-order valence-corrected chi connectivity index (χ3v) is 1.77. The summed E-state index contributed by atoms with van der Waals surface area (Å²) in [4.78, 5) is 14.7. The Balaban J connectivity index is 2.69. The van der Waals surface area contributed by atoms with E-state index < -0.39 is 5.97 Å². The van der Waals surface area contributed by atoms with E-state index in [1.807, 2.05) is 0 Å². The zero-order chi connectivity index (χ0) is 9.26. The van der Waals surface area contributed by atoms with Gasteiger partial charge >= 0.3 is 5.97 Å². The normalized spacial score (nSPS) is 10.2. The lowest BCUT2D eigenvalue weighted by Crippen LogP contribution is -1.95. The molecule has 0 amide bonds. The molecule has 1 aromatic carbocycles. The number of aromatic nitrogens is 1. The second-order valence-electron chi connectivity index (χ2n) is 2.63. The van der Waals surface area contributed by atoms with Gasteiger partial charge in [0.15, 0.2) is 0 Å². The first kappa shape index (κ1) is 7.73. The molecule has 0 saturated carbocycles. The highest BCUT2D eigenvalue weighted by atomic mass is 16.4. The summed E-state index contributed by atoms with van der Waals surface area (Å²) >= 11 is 0. The van der Waals surface area contributed by atoms with Crippen LogP contribution < -0.4 is 0 Å². The van der Waals surface area contributed by atoms with Crippen molar-refractivity contribution in [3.8, 4) is 0 Å². The number of hydrogen-bond donors (Lipinski definition) is 1. The van der Waals surface area contributed by atoms with Crippen LogP contribution in [0.1, 0.15) is 10.4 Å². The largest absolute Gasteiger partial charge is 0.478 e. The van der Waals surface area contributed by atoms with Gasteiger partial charge in [0.25, 0.3) is 0 Å². The summed E-state index contributed by atoms with van der Waals surface area (Å²) in [7, 11) is 0. The van der Waals surface area contributed by atoms with E-state index in [-0.39, 0.29) is 5.56 Å². The Bertz CT molecular complexity index is 465. The average Bonchev–Trinajstić information content (AvgIpc) is 2.17. The number of carbonyl (C=O) groups is 1. The summed E-state index contributed by atoms with van der Waals surface area (Å²) in [5, 5.41) is 9.43. The number of fused-ring (bicyclic) bond motifs is 1. The van der Waals surface area contributed by atoms with Crippen molar-refractivity contribution in [3.05, 3.63) is 42.1 Å². The van der Waals surface area contributed by atoms with Gasteiger partial charge in [0.1, 0.15) is 0 Å². The van der Waals surface area contributed by atoms with Crippen LogP contribution in [0.15, 0.2) is 30.5 Å². The molecule has 0 atom stereocenters. The first-order valence-corrected chi connectivity index (χ1v) is 3.77. The van der Waals surface area contributed by atoms with E-state index in [2.05, 4.69) is 11.1 Å². The lowest BCUT2D eigenvalue weighted by Gasteiger charge is -1.96. The van der Waals surface area contributed by atoms with Crippen LogP contribution in [-0.2, 0) is 0 Å². The van der Waals surface area contributed by atoms with E-state index in [1.165, 1.54) is 6.07 Å². The molecule has 1 aromatic heterocycles. The summed E-state index contributed by atoms with van der Waals surface area (Å²) in [5.74, 6) is -0.931. The van der Waals surface area contributed by atoms with Crippen molar-refractivity contribution in [1.29, 1.82) is 0 Å². The van der Waals surface area contributed by atoms with Crippen LogP contribution in [0.3, 0.4) is 0 Å². The van der Waals surface area contributed by atoms with Gasteiger partial charge in [0.05, 0.1) is 11.1 Å². The predicted octanol–water partition coefficient (Wildman–Crippen LogP) is 1.73. The van der Waals surface area contributed by atoms with Crippen molar-refractivity contribution in [3.63, 3.8) is 0 Å². The minimum absolute atomic E-state index is 0.261. The average molecular weight is 172 g/mol. The molecule has 0 spiro atoms. The lowest BCUT2D eigenvalue weighted by atomic mass is 10.1. The van der Waals surface area contributed by atoms with Crippen LogP contribution in [0.2, 0.25) is 0 Å². The fourth-order valence-electron chi connectivity index (χ4n) is 1.14. The maximum Gasteiger partial charge on any atom is 0.335 e. The fourth-order valence-corrected chi connectivity index (χ4v) is 1.14. The maximum absolute atomic E-state index is 10.6. The molecule has 2 aromatic rings. The third-order valence-electron chi connectivity index (χ3n) is 1.77. The van der Waals surface area contributed by atoms with Crippen molar-refractivity contribution in [2.24, 2.45) is 0 Å². The van der Waals surface area contributed by atoms with Gasteiger partial charge in [-0.25, -0.2) is 4.79 Å². The lowest BCUT2D eigenvalue weighted by molar-refractivity contribution is 0.0697. The van der Waals surface area contributed by atoms with Crippen LogP contribution in [0.5, 0.6) is 0 Å². The molecule has 13 heavy (non-hydrogen) atoms. The molecule has 1 radical (unpaired) electrons. The van der Waals surface area contributed by atoms with Crippen LogP contribution >= 0.6 is 0 Å². The Morgan fingerprint density at radius 3 is 3.08 bits per heavy atom. The maximum atomic E-state index is 10.6. The van der Waals surface area contributed by atoms with Gasteiger partial charge in [-0.1, -0.05) is 0 Å². The number of carboxylic acids is 1. The number of benzene rings is 1. The quantitative estimate of drug-likeness (QED) is 0.712. The molecule has 0 aliphatic rings. The minimum Gasteiger partial charge on any atom is -0.478 e. The molecule has 1 heterocycles. The number of carboxylic acid groups (broad SMARTS) is 1. The molecular formula is C10H6NO2. The SMILES string of the molecule is O=C(O)c1ccc2ncc[c]c2c1. The van der Waals surface area contributed by atoms with E-state index in [0.29, 0.717) is 0 Å². The molecule has 0 bridgehead atoms. The Morgan fingerprint density at radius 2 is 2.31 bits per heavy atom. The molecule has 63 valence electrons. The van der Waals surface area contributed by atoms with Gasteiger partial charge in [-0.2, -0.15) is 0 Å². The number of pyridine rings is 1. The number of aromatic carboxylic acids is 1. The fraction of sp³-hybridized carbons (Fsp3) is 0. The van der Waals surface area contributed by atoms with Crippen LogP contribution in [0, 0.1) is 6.07 Å². The van der Waals surface area contributed by atoms with Gasteiger partial charge < -0.3 is 5.11 Å². The Kier molecular flexibility index (Phi) is 1.70. The van der Waals surface area contributed by atoms with E-state index in [9.17, 15) is 4.79 Å². The molecule has 3 nitrogen and oxygen atoms in total. The highest BCUT2D eigenvalue weighted by Gasteiger charge is 2.02. The predicted molar refractivity (Wildman–Crippen MR) is 47.5 cm³/mol. The van der Waals surface area contributed by atoms with Crippen molar-refractivity contribution in [2.45, 2.75) is 0 Å². The second kappa shape index (κ2) is 2.86. The van der Waals surface area contributed by atoms with Crippen LogP contribution in [0.4, 0.5) is 0 Å². The van der Waals surface area contributed by atoms with Gasteiger partial charge in [-0.05, 0) is 30.3 Å². The molecule has 0 unspecified atom stereocenters. The number of rotatable bonds is 1. The highest BCUT2D eigenvalue weighted by Crippen LogP contribution is 2.12. The van der Waals surface area contributed by atoms with Crippen molar-refractivity contribution in [1.82, 2.24) is 4.98 Å². The van der Waals surface area contributed by atoms with Gasteiger partial charge in [-0.15, -0.1) is 0 Å². The monoisotopic (exact) mass is 172 g/mol. The zero-order valence-electron chi connectivity index (χ0n) is 6.69. The van der Waals surface area contributed by atoms with Crippen molar-refractivity contribution < 1.29 is 9.90 Å². The van der Waals surface area contributed by atoms with E-state index in [1.54, 1.807) is 24.4 Å².